The van der Waals surface area contributed by atoms with Crippen molar-refractivity contribution in [3.8, 4) is 47.3 Å². The number of nitrogens with zero attached hydrogens (tertiary/aromatic N) is 6. The Bertz CT molecular complexity index is 1940. The second-order valence-electron chi connectivity index (χ2n) is 12.4. The Labute approximate surface area is 271 Å². The van der Waals surface area contributed by atoms with Crippen LogP contribution >= 0.6 is 0 Å². The average Bonchev–Trinajstić information content (AvgIpc) is 3.56. The van der Waals surface area contributed by atoms with E-state index >= 15 is 4.39 Å². The first-order chi connectivity index (χ1) is 22.8. The fourth-order valence-corrected chi connectivity index (χ4v) is 7.23. The summed E-state index contributed by atoms with van der Waals surface area (Å²) in [6.45, 7) is 1.76. The van der Waals surface area contributed by atoms with E-state index < -0.39 is 12.0 Å². The molecule has 12 heteroatoms. The van der Waals surface area contributed by atoms with Crippen LogP contribution in [0.3, 0.4) is 0 Å². The predicted molar refractivity (Wildman–Crippen MR) is 172 cm³/mol. The molecule has 47 heavy (non-hydrogen) atoms. The van der Waals surface area contributed by atoms with E-state index in [1.165, 1.54) is 13.2 Å². The van der Waals surface area contributed by atoms with Crippen LogP contribution in [0.25, 0.3) is 32.9 Å². The minimum absolute atomic E-state index is 0.00340. The van der Waals surface area contributed by atoms with Crippen molar-refractivity contribution in [2.45, 2.75) is 49.9 Å². The number of benzene rings is 2. The van der Waals surface area contributed by atoms with E-state index in [0.29, 0.717) is 70.3 Å². The molecule has 3 atom stereocenters. The number of halogens is 2. The number of hydrogen-bond donors (Lipinski definition) is 0. The lowest BCUT2D eigenvalue weighted by Crippen LogP contribution is -2.43. The number of fused-ring (bicyclic) bond motifs is 2. The number of aromatic nitrogens is 3. The minimum atomic E-state index is -0.891. The Morgan fingerprint density at radius 2 is 2.04 bits per heavy atom. The zero-order valence-corrected chi connectivity index (χ0v) is 26.3. The number of terminal acetylenes is 1. The highest BCUT2D eigenvalue weighted by atomic mass is 19.1. The summed E-state index contributed by atoms with van der Waals surface area (Å²) in [7, 11) is 3.42. The SMILES string of the molecule is C#Cc1c(F)ccc2cc(OCOC)cc(-c3cc4nc(OC[C@@]56CCCN5C[C@H](F)C6)nc5c4c(n3)OC[C@H](CCC#N)N5C)c12. The van der Waals surface area contributed by atoms with Crippen molar-refractivity contribution in [3.05, 3.63) is 41.7 Å². The van der Waals surface area contributed by atoms with Gasteiger partial charge in [0.1, 0.15) is 42.2 Å². The van der Waals surface area contributed by atoms with Crippen molar-refractivity contribution in [1.82, 2.24) is 19.9 Å². The number of rotatable bonds is 9. The zero-order valence-electron chi connectivity index (χ0n) is 26.3. The smallest absolute Gasteiger partial charge is 0.319 e. The molecule has 0 amide bonds. The second-order valence-corrected chi connectivity index (χ2v) is 12.4. The van der Waals surface area contributed by atoms with Crippen molar-refractivity contribution in [2.24, 2.45) is 0 Å². The maximum atomic E-state index is 15.1. The lowest BCUT2D eigenvalue weighted by molar-refractivity contribution is 0.0512. The number of ether oxygens (including phenoxy) is 4. The summed E-state index contributed by atoms with van der Waals surface area (Å²) < 4.78 is 53.1. The van der Waals surface area contributed by atoms with Crippen LogP contribution in [0.1, 0.15) is 37.7 Å². The fraction of sp³-hybridized carbons (Fsp3) is 0.429. The van der Waals surface area contributed by atoms with E-state index in [2.05, 4.69) is 16.9 Å². The van der Waals surface area contributed by atoms with Gasteiger partial charge in [-0.15, -0.1) is 6.42 Å². The number of hydrogen-bond acceptors (Lipinski definition) is 10. The van der Waals surface area contributed by atoms with Crippen LogP contribution in [0.5, 0.6) is 17.6 Å². The molecule has 2 aromatic carbocycles. The number of methoxy groups -OCH3 is 1. The molecule has 0 saturated carbocycles. The lowest BCUT2D eigenvalue weighted by atomic mass is 9.95. The number of pyridine rings is 1. The molecule has 5 heterocycles. The topological polar surface area (TPSA) is 106 Å². The van der Waals surface area contributed by atoms with Crippen molar-refractivity contribution in [3.63, 3.8) is 0 Å². The molecular weight excluding hydrogens is 606 g/mol. The van der Waals surface area contributed by atoms with Crippen molar-refractivity contribution >= 4 is 27.5 Å². The zero-order chi connectivity index (χ0) is 32.7. The number of nitriles is 1. The molecule has 0 bridgehead atoms. The molecule has 3 aliphatic rings. The molecule has 0 spiro atoms. The first-order valence-corrected chi connectivity index (χ1v) is 15.7. The molecule has 0 unspecified atom stereocenters. The molecule has 4 aromatic rings. The van der Waals surface area contributed by atoms with E-state index in [1.807, 2.05) is 11.9 Å². The highest BCUT2D eigenvalue weighted by molar-refractivity contribution is 6.03. The Kier molecular flexibility index (Phi) is 8.16. The molecule has 7 rings (SSSR count). The summed E-state index contributed by atoms with van der Waals surface area (Å²) in [5, 5.41) is 11.0. The lowest BCUT2D eigenvalue weighted by Gasteiger charge is -2.31. The summed E-state index contributed by atoms with van der Waals surface area (Å²) in [5.41, 5.74) is 1.14. The maximum absolute atomic E-state index is 15.1. The Hall–Kier alpha value is -4.78. The third-order valence-corrected chi connectivity index (χ3v) is 9.53. The van der Waals surface area contributed by atoms with Crippen LogP contribution in [-0.4, -0.2) is 84.9 Å². The third-order valence-electron chi connectivity index (χ3n) is 9.53. The van der Waals surface area contributed by atoms with Crippen LogP contribution in [0.2, 0.25) is 0 Å². The highest BCUT2D eigenvalue weighted by Crippen LogP contribution is 2.43. The van der Waals surface area contributed by atoms with Gasteiger partial charge in [0.25, 0.3) is 0 Å². The van der Waals surface area contributed by atoms with Gasteiger partial charge in [0, 0.05) is 44.5 Å². The molecule has 2 aromatic heterocycles. The summed E-state index contributed by atoms with van der Waals surface area (Å²) >= 11 is 0. The largest absolute Gasteiger partial charge is 0.475 e. The van der Waals surface area contributed by atoms with Gasteiger partial charge >= 0.3 is 6.01 Å². The Morgan fingerprint density at radius 1 is 1.17 bits per heavy atom. The van der Waals surface area contributed by atoms with Gasteiger partial charge in [0.15, 0.2) is 6.79 Å². The summed E-state index contributed by atoms with van der Waals surface area (Å²) in [5.74, 6) is 3.28. The van der Waals surface area contributed by atoms with Gasteiger partial charge in [-0.25, -0.2) is 13.8 Å². The number of anilines is 1. The second kappa shape index (κ2) is 12.4. The van der Waals surface area contributed by atoms with Crippen LogP contribution in [0, 0.1) is 29.5 Å². The van der Waals surface area contributed by atoms with Crippen LogP contribution in [0.15, 0.2) is 30.3 Å². The molecule has 2 saturated heterocycles. The van der Waals surface area contributed by atoms with E-state index in [9.17, 15) is 9.65 Å². The third kappa shape index (κ3) is 5.52. The Morgan fingerprint density at radius 3 is 2.85 bits per heavy atom. The van der Waals surface area contributed by atoms with Crippen molar-refractivity contribution in [1.29, 1.82) is 5.26 Å². The molecule has 0 N–H and O–H groups in total. The molecule has 0 radical (unpaired) electrons. The normalized spacial score (nSPS) is 22.0. The monoisotopic (exact) mass is 640 g/mol. The molecule has 2 fully saturated rings. The van der Waals surface area contributed by atoms with Crippen LogP contribution < -0.4 is 19.1 Å². The summed E-state index contributed by atoms with van der Waals surface area (Å²) in [6, 6.07) is 10.4. The van der Waals surface area contributed by atoms with Gasteiger partial charge in [0.2, 0.25) is 5.88 Å². The first kappa shape index (κ1) is 30.9. The van der Waals surface area contributed by atoms with Gasteiger partial charge < -0.3 is 23.8 Å². The highest BCUT2D eigenvalue weighted by Gasteiger charge is 2.49. The van der Waals surface area contributed by atoms with Gasteiger partial charge in [-0.3, -0.25) is 4.90 Å². The van der Waals surface area contributed by atoms with E-state index in [1.54, 1.807) is 24.3 Å². The minimum Gasteiger partial charge on any atom is -0.475 e. The van der Waals surface area contributed by atoms with Crippen LogP contribution in [-0.2, 0) is 4.74 Å². The van der Waals surface area contributed by atoms with Gasteiger partial charge in [-0.1, -0.05) is 12.0 Å². The molecule has 242 valence electrons. The molecule has 0 aliphatic carbocycles. The fourth-order valence-electron chi connectivity index (χ4n) is 7.23. The molecular formula is C35H34F2N6O4. The molecule has 10 nitrogen and oxygen atoms in total. The van der Waals surface area contributed by atoms with E-state index in [4.69, 9.17) is 40.3 Å². The standard InChI is InChI=1S/C35H34F2N6O4/c1-4-25-27(37)9-8-21-13-24(47-20-44-3)14-26(30(21)25)28-15-29-31-32(42(2)23(7-5-11-38)18-45-33(31)39-28)41-34(40-29)46-19-35-10-6-12-43(35)17-22(36)16-35/h1,8-9,13-15,22-23H,5-7,10,12,16-20H2,2-3H3/t22-,23+,35+/m1/s1. The first-order valence-electron chi connectivity index (χ1n) is 15.7. The summed E-state index contributed by atoms with van der Waals surface area (Å²) in [4.78, 5) is 18.7. The predicted octanol–water partition coefficient (Wildman–Crippen LogP) is 5.40. The van der Waals surface area contributed by atoms with Crippen molar-refractivity contribution < 1.29 is 27.7 Å². The van der Waals surface area contributed by atoms with Gasteiger partial charge in [0.05, 0.1) is 34.4 Å². The van der Waals surface area contributed by atoms with E-state index in [-0.39, 0.29) is 49.0 Å². The Balaban J connectivity index is 1.39. The average molecular weight is 641 g/mol. The quantitative estimate of drug-likeness (QED) is 0.174. The molecule has 3 aliphatic heterocycles. The summed E-state index contributed by atoms with van der Waals surface area (Å²) in [6.07, 6.45) is 8.05. The van der Waals surface area contributed by atoms with Gasteiger partial charge in [-0.05, 0) is 55.5 Å². The van der Waals surface area contributed by atoms with Gasteiger partial charge in [-0.2, -0.15) is 15.2 Å². The van der Waals surface area contributed by atoms with E-state index in [0.717, 1.165) is 19.4 Å². The number of alkyl halides is 1. The maximum Gasteiger partial charge on any atom is 0.319 e. The van der Waals surface area contributed by atoms with Crippen molar-refractivity contribution in [2.75, 3.05) is 52.2 Å². The van der Waals surface area contributed by atoms with Crippen LogP contribution in [0.4, 0.5) is 14.6 Å². The number of likely N-dealkylation sites (N-methyl/N-ethyl adjacent to an activating group) is 1.